The van der Waals surface area contributed by atoms with E-state index in [9.17, 15) is 9.59 Å². The summed E-state index contributed by atoms with van der Waals surface area (Å²) < 4.78 is 0. The third kappa shape index (κ3) is 1.78. The van der Waals surface area contributed by atoms with Crippen molar-refractivity contribution in [2.24, 2.45) is 23.7 Å². The van der Waals surface area contributed by atoms with Gasteiger partial charge in [-0.3, -0.25) is 9.59 Å². The van der Waals surface area contributed by atoms with Crippen LogP contribution in [0, 0.1) is 37.5 Å². The number of fused-ring (bicyclic) bond motifs is 5. The Bertz CT molecular complexity index is 657. The highest BCUT2D eigenvalue weighted by Gasteiger charge is 2.66. The molecule has 0 unspecified atom stereocenters. The average Bonchev–Trinajstić information content (AvgIpc) is 3.07. The third-order valence-corrected chi connectivity index (χ3v) is 8.80. The number of hydrogen-bond acceptors (Lipinski definition) is 2. The lowest BCUT2D eigenvalue weighted by Crippen LogP contribution is -2.37. The average molecular weight is 427 g/mol. The van der Waals surface area contributed by atoms with Gasteiger partial charge in [-0.1, -0.05) is 44.0 Å². The molecule has 3 nitrogen and oxygen atoms in total. The van der Waals surface area contributed by atoms with E-state index < -0.39 is 0 Å². The van der Waals surface area contributed by atoms with E-state index >= 15 is 0 Å². The fourth-order valence-electron chi connectivity index (χ4n) is 4.55. The molecule has 3 fully saturated rings. The van der Waals surface area contributed by atoms with Crippen LogP contribution in [0.15, 0.2) is 18.2 Å². The Morgan fingerprint density at radius 1 is 1.00 bits per heavy atom. The maximum Gasteiger partial charge on any atom is 0.238 e. The van der Waals surface area contributed by atoms with E-state index in [0.29, 0.717) is 0 Å². The zero-order valence-corrected chi connectivity index (χ0v) is 15.6. The number of benzene rings is 1. The van der Waals surface area contributed by atoms with Crippen LogP contribution in [0.4, 0.5) is 5.69 Å². The van der Waals surface area contributed by atoms with Gasteiger partial charge in [0.05, 0.1) is 17.5 Å². The summed E-state index contributed by atoms with van der Waals surface area (Å²) in [6.45, 7) is 3.94. The van der Waals surface area contributed by atoms with Crippen molar-refractivity contribution in [2.45, 2.75) is 29.9 Å². The summed E-state index contributed by atoms with van der Waals surface area (Å²) in [6, 6.07) is 5.94. The molecule has 3 aliphatic rings. The van der Waals surface area contributed by atoms with Crippen molar-refractivity contribution >= 4 is 49.4 Å². The first kappa shape index (κ1) is 14.9. The molecule has 6 atom stereocenters. The molecule has 1 aromatic carbocycles. The van der Waals surface area contributed by atoms with Gasteiger partial charge in [0, 0.05) is 9.65 Å². The fourth-order valence-corrected chi connectivity index (χ4v) is 6.42. The van der Waals surface area contributed by atoms with Crippen molar-refractivity contribution in [3.05, 3.63) is 29.3 Å². The van der Waals surface area contributed by atoms with E-state index in [2.05, 4.69) is 31.9 Å². The molecule has 1 aromatic rings. The van der Waals surface area contributed by atoms with Crippen molar-refractivity contribution in [2.75, 3.05) is 4.90 Å². The van der Waals surface area contributed by atoms with Gasteiger partial charge in [0.15, 0.2) is 0 Å². The van der Waals surface area contributed by atoms with Crippen molar-refractivity contribution in [1.29, 1.82) is 0 Å². The Hall–Kier alpha value is -0.680. The Kier molecular flexibility index (Phi) is 3.32. The van der Waals surface area contributed by atoms with Crippen LogP contribution in [0.2, 0.25) is 0 Å². The molecule has 2 amide bonds. The second kappa shape index (κ2) is 4.91. The van der Waals surface area contributed by atoms with Crippen LogP contribution in [0.3, 0.4) is 0 Å². The smallest absolute Gasteiger partial charge is 0.238 e. The first-order valence-electron chi connectivity index (χ1n) is 7.65. The molecule has 4 rings (SSSR count). The van der Waals surface area contributed by atoms with E-state index in [4.69, 9.17) is 0 Å². The minimum Gasteiger partial charge on any atom is -0.274 e. The number of halogens is 2. The maximum absolute atomic E-state index is 13.0. The Labute approximate surface area is 146 Å². The van der Waals surface area contributed by atoms with Gasteiger partial charge in [-0.2, -0.15) is 0 Å². The molecule has 116 valence electrons. The number of rotatable bonds is 1. The number of carbonyl (C=O) groups is 2. The van der Waals surface area contributed by atoms with Crippen molar-refractivity contribution in [3.8, 4) is 0 Å². The van der Waals surface area contributed by atoms with Crippen LogP contribution in [0.1, 0.15) is 17.5 Å². The predicted octanol–water partition coefficient (Wildman–Crippen LogP) is 3.59. The normalized spacial score (nSPS) is 39.7. The van der Waals surface area contributed by atoms with Gasteiger partial charge in [0.25, 0.3) is 0 Å². The molecular weight excluding hydrogens is 410 g/mol. The van der Waals surface area contributed by atoms with Crippen LogP contribution in [-0.4, -0.2) is 21.5 Å². The van der Waals surface area contributed by atoms with Gasteiger partial charge in [-0.25, -0.2) is 4.90 Å². The standard InChI is InChI=1S/C17H17Br2NO2/c1-7-3-4-8(2)11(5-7)20-16(21)12-9-6-10(13(12)17(20)22)15(19)14(9)18/h3-5,9-10,12-15H,6H2,1-2H3/t9-,10-,12-,13+,14-,15+/m0/s1. The highest BCUT2D eigenvalue weighted by atomic mass is 79.9. The SMILES string of the molecule is Cc1ccc(C)c(N2C(=O)[C@@H]3[C@@H]4C[C@H]([C@H](Br)[C@@H]4Br)[C@@H]3C2=O)c1. The lowest BCUT2D eigenvalue weighted by Gasteiger charge is -2.28. The topological polar surface area (TPSA) is 37.4 Å². The van der Waals surface area contributed by atoms with Gasteiger partial charge in [0.1, 0.15) is 0 Å². The zero-order valence-electron chi connectivity index (χ0n) is 12.4. The summed E-state index contributed by atoms with van der Waals surface area (Å²) in [5.41, 5.74) is 2.81. The van der Waals surface area contributed by atoms with E-state index in [1.165, 1.54) is 4.90 Å². The van der Waals surface area contributed by atoms with Gasteiger partial charge < -0.3 is 0 Å². The largest absolute Gasteiger partial charge is 0.274 e. The molecule has 1 saturated heterocycles. The minimum absolute atomic E-state index is 0.0000463. The van der Waals surface area contributed by atoms with Crippen molar-refractivity contribution in [3.63, 3.8) is 0 Å². The molecule has 22 heavy (non-hydrogen) atoms. The van der Waals surface area contributed by atoms with E-state index in [1.54, 1.807) is 0 Å². The molecule has 1 heterocycles. The molecule has 1 aliphatic heterocycles. The van der Waals surface area contributed by atoms with Crippen LogP contribution in [0.5, 0.6) is 0 Å². The van der Waals surface area contributed by atoms with Crippen molar-refractivity contribution < 1.29 is 9.59 Å². The maximum atomic E-state index is 13.0. The molecule has 2 bridgehead atoms. The Balaban J connectivity index is 1.77. The molecule has 2 saturated carbocycles. The zero-order chi connectivity index (χ0) is 15.8. The number of imide groups is 1. The van der Waals surface area contributed by atoms with E-state index in [1.807, 2.05) is 32.0 Å². The molecule has 0 aromatic heterocycles. The molecule has 0 radical (unpaired) electrons. The summed E-state index contributed by atoms with van der Waals surface area (Å²) in [5.74, 6) is 0.253. The number of anilines is 1. The van der Waals surface area contributed by atoms with Gasteiger partial charge in [0.2, 0.25) is 11.8 Å². The number of carbonyl (C=O) groups excluding carboxylic acids is 2. The highest BCUT2D eigenvalue weighted by Crippen LogP contribution is 2.60. The van der Waals surface area contributed by atoms with Crippen LogP contribution >= 0.6 is 31.9 Å². The molecule has 0 spiro atoms. The quantitative estimate of drug-likeness (QED) is 0.508. The second-order valence-electron chi connectivity index (χ2n) is 6.81. The molecule has 2 aliphatic carbocycles. The monoisotopic (exact) mass is 425 g/mol. The third-order valence-electron chi connectivity index (χ3n) is 5.59. The Morgan fingerprint density at radius 2 is 1.55 bits per heavy atom. The minimum atomic E-state index is -0.143. The second-order valence-corrected chi connectivity index (χ2v) is 8.92. The molecule has 0 N–H and O–H groups in total. The summed E-state index contributed by atoms with van der Waals surface area (Å²) in [4.78, 5) is 28.0. The van der Waals surface area contributed by atoms with Crippen molar-refractivity contribution in [1.82, 2.24) is 0 Å². The lowest BCUT2D eigenvalue weighted by molar-refractivity contribution is -0.123. The van der Waals surface area contributed by atoms with E-state index in [-0.39, 0.29) is 45.1 Å². The number of aryl methyl sites for hydroxylation is 2. The fraction of sp³-hybridized carbons (Fsp3) is 0.529. The molecular formula is C17H17Br2NO2. The molecule has 5 heteroatoms. The number of nitrogens with zero attached hydrogens (tertiary/aromatic N) is 1. The number of hydrogen-bond donors (Lipinski definition) is 0. The van der Waals surface area contributed by atoms with Gasteiger partial charge >= 0.3 is 0 Å². The predicted molar refractivity (Wildman–Crippen MR) is 92.4 cm³/mol. The van der Waals surface area contributed by atoms with Crippen LogP contribution in [-0.2, 0) is 9.59 Å². The summed E-state index contributed by atoms with van der Waals surface area (Å²) >= 11 is 7.44. The van der Waals surface area contributed by atoms with E-state index in [0.717, 1.165) is 23.2 Å². The van der Waals surface area contributed by atoms with Gasteiger partial charge in [-0.05, 0) is 49.3 Å². The summed E-state index contributed by atoms with van der Waals surface area (Å²) in [7, 11) is 0. The summed E-state index contributed by atoms with van der Waals surface area (Å²) in [5, 5.41) is 0. The van der Waals surface area contributed by atoms with Crippen LogP contribution in [0.25, 0.3) is 0 Å². The first-order valence-corrected chi connectivity index (χ1v) is 9.48. The van der Waals surface area contributed by atoms with Crippen LogP contribution < -0.4 is 4.90 Å². The first-order chi connectivity index (χ1) is 10.4. The summed E-state index contributed by atoms with van der Waals surface area (Å²) in [6.07, 6.45) is 0.972. The van der Waals surface area contributed by atoms with Gasteiger partial charge in [-0.15, -0.1) is 0 Å². The number of amides is 2. The number of alkyl halides is 2. The highest BCUT2D eigenvalue weighted by molar-refractivity contribution is 9.12. The Morgan fingerprint density at radius 3 is 2.09 bits per heavy atom. The lowest BCUT2D eigenvalue weighted by atomic mass is 9.81.